The van der Waals surface area contributed by atoms with Crippen molar-refractivity contribution in [3.05, 3.63) is 0 Å². The zero-order valence-electron chi connectivity index (χ0n) is 10.2. The highest BCUT2D eigenvalue weighted by Crippen LogP contribution is 2.35. The summed E-state index contributed by atoms with van der Waals surface area (Å²) in [7, 11) is 0. The third-order valence-corrected chi connectivity index (χ3v) is 3.86. The van der Waals surface area contributed by atoms with Crippen LogP contribution in [-0.4, -0.2) is 25.4 Å². The Balaban J connectivity index is 1.83. The van der Waals surface area contributed by atoms with E-state index in [0.29, 0.717) is 12.2 Å². The maximum absolute atomic E-state index is 6.03. The Labute approximate surface area is 93.3 Å². The molecule has 2 aliphatic rings. The van der Waals surface area contributed by atoms with E-state index in [1.807, 2.05) is 0 Å². The summed E-state index contributed by atoms with van der Waals surface area (Å²) >= 11 is 0. The maximum Gasteiger partial charge on any atom is 0.104 e. The molecule has 2 rings (SSSR count). The Morgan fingerprint density at radius 2 is 2.07 bits per heavy atom. The normalized spacial score (nSPS) is 40.8. The van der Waals surface area contributed by atoms with Gasteiger partial charge in [-0.15, -0.1) is 0 Å². The molecular formula is C13H24O2. The van der Waals surface area contributed by atoms with Crippen LogP contribution < -0.4 is 0 Å². The Kier molecular flexibility index (Phi) is 3.68. The van der Waals surface area contributed by atoms with Gasteiger partial charge >= 0.3 is 0 Å². The van der Waals surface area contributed by atoms with Gasteiger partial charge in [0, 0.05) is 0 Å². The van der Waals surface area contributed by atoms with Crippen LogP contribution in [0.2, 0.25) is 0 Å². The predicted molar refractivity (Wildman–Crippen MR) is 60.8 cm³/mol. The molecule has 0 aromatic heterocycles. The van der Waals surface area contributed by atoms with Gasteiger partial charge in [-0.1, -0.05) is 27.2 Å². The molecule has 2 unspecified atom stereocenters. The second-order valence-corrected chi connectivity index (χ2v) is 5.65. The standard InChI is InChI=1S/C13H24O2/c1-9(2)12-5-4-10(3)6-13(12)15-8-11-7-14-11/h9-13H,4-8H2,1-3H3/t10?,11?,12-,13+/m0/s1. The molecule has 0 aromatic rings. The van der Waals surface area contributed by atoms with Gasteiger partial charge in [-0.2, -0.15) is 0 Å². The minimum atomic E-state index is 0.412. The molecule has 0 spiro atoms. The first-order chi connectivity index (χ1) is 7.16. The molecule has 15 heavy (non-hydrogen) atoms. The summed E-state index contributed by atoms with van der Waals surface area (Å²) in [6, 6.07) is 0. The molecule has 1 heterocycles. The highest BCUT2D eigenvalue weighted by atomic mass is 16.6. The molecule has 0 aromatic carbocycles. The summed E-state index contributed by atoms with van der Waals surface area (Å²) < 4.78 is 11.2. The van der Waals surface area contributed by atoms with Crippen LogP contribution in [0, 0.1) is 17.8 Å². The summed E-state index contributed by atoms with van der Waals surface area (Å²) in [6.45, 7) is 8.73. The summed E-state index contributed by atoms with van der Waals surface area (Å²) in [5, 5.41) is 0. The lowest BCUT2D eigenvalue weighted by atomic mass is 9.75. The lowest BCUT2D eigenvalue weighted by Gasteiger charge is -2.37. The van der Waals surface area contributed by atoms with Crippen molar-refractivity contribution in [2.45, 2.75) is 52.2 Å². The molecule has 0 amide bonds. The molecule has 2 heteroatoms. The lowest BCUT2D eigenvalue weighted by Crippen LogP contribution is -2.35. The summed E-state index contributed by atoms with van der Waals surface area (Å²) in [4.78, 5) is 0. The first-order valence-corrected chi connectivity index (χ1v) is 6.40. The van der Waals surface area contributed by atoms with Gasteiger partial charge < -0.3 is 9.47 Å². The third-order valence-electron chi connectivity index (χ3n) is 3.86. The van der Waals surface area contributed by atoms with Crippen molar-refractivity contribution in [2.24, 2.45) is 17.8 Å². The molecule has 1 saturated carbocycles. The van der Waals surface area contributed by atoms with E-state index >= 15 is 0 Å². The van der Waals surface area contributed by atoms with E-state index in [9.17, 15) is 0 Å². The van der Waals surface area contributed by atoms with Crippen molar-refractivity contribution >= 4 is 0 Å². The van der Waals surface area contributed by atoms with E-state index in [4.69, 9.17) is 9.47 Å². The van der Waals surface area contributed by atoms with E-state index in [-0.39, 0.29) is 0 Å². The average Bonchev–Trinajstić information content (AvgIpc) is 2.97. The molecule has 0 N–H and O–H groups in total. The molecule has 0 radical (unpaired) electrons. The largest absolute Gasteiger partial charge is 0.375 e. The van der Waals surface area contributed by atoms with Gasteiger partial charge in [0.25, 0.3) is 0 Å². The number of hydrogen-bond acceptors (Lipinski definition) is 2. The molecule has 0 bridgehead atoms. The van der Waals surface area contributed by atoms with Crippen LogP contribution in [0.4, 0.5) is 0 Å². The van der Waals surface area contributed by atoms with Crippen molar-refractivity contribution in [2.75, 3.05) is 13.2 Å². The Bertz CT molecular complexity index is 199. The zero-order chi connectivity index (χ0) is 10.8. The third kappa shape index (κ3) is 3.18. The molecule has 1 aliphatic heterocycles. The van der Waals surface area contributed by atoms with Crippen LogP contribution in [0.15, 0.2) is 0 Å². The monoisotopic (exact) mass is 212 g/mol. The Hall–Kier alpha value is -0.0800. The SMILES string of the molecule is CC1CC[C@@H](C(C)C)[C@H](OCC2CO2)C1. The molecule has 1 aliphatic carbocycles. The first-order valence-electron chi connectivity index (χ1n) is 6.40. The van der Waals surface area contributed by atoms with Crippen molar-refractivity contribution in [1.29, 1.82) is 0 Å². The summed E-state index contributed by atoms with van der Waals surface area (Å²) in [5.41, 5.74) is 0. The van der Waals surface area contributed by atoms with Crippen LogP contribution >= 0.6 is 0 Å². The van der Waals surface area contributed by atoms with E-state index < -0.39 is 0 Å². The highest BCUT2D eigenvalue weighted by molar-refractivity contribution is 4.82. The number of hydrogen-bond donors (Lipinski definition) is 0. The van der Waals surface area contributed by atoms with E-state index in [2.05, 4.69) is 20.8 Å². The maximum atomic E-state index is 6.03. The number of ether oxygens (including phenoxy) is 2. The van der Waals surface area contributed by atoms with Crippen LogP contribution in [0.25, 0.3) is 0 Å². The second kappa shape index (κ2) is 4.84. The molecule has 2 nitrogen and oxygen atoms in total. The highest BCUT2D eigenvalue weighted by Gasteiger charge is 2.33. The predicted octanol–water partition coefficient (Wildman–Crippen LogP) is 2.86. The van der Waals surface area contributed by atoms with E-state index in [1.165, 1.54) is 19.3 Å². The topological polar surface area (TPSA) is 21.8 Å². The van der Waals surface area contributed by atoms with Gasteiger partial charge in [0.15, 0.2) is 0 Å². The van der Waals surface area contributed by atoms with Crippen molar-refractivity contribution in [3.8, 4) is 0 Å². The summed E-state index contributed by atoms with van der Waals surface area (Å²) in [6.07, 6.45) is 4.86. The molecule has 1 saturated heterocycles. The van der Waals surface area contributed by atoms with Gasteiger partial charge in [0.05, 0.1) is 19.3 Å². The first kappa shape index (κ1) is 11.4. The smallest absolute Gasteiger partial charge is 0.104 e. The molecular weight excluding hydrogens is 188 g/mol. The van der Waals surface area contributed by atoms with Gasteiger partial charge in [0.1, 0.15) is 6.10 Å². The van der Waals surface area contributed by atoms with E-state index in [0.717, 1.165) is 31.0 Å². The number of rotatable bonds is 4. The quantitative estimate of drug-likeness (QED) is 0.668. The minimum absolute atomic E-state index is 0.412. The fourth-order valence-corrected chi connectivity index (χ4v) is 2.70. The lowest BCUT2D eigenvalue weighted by molar-refractivity contribution is -0.0430. The molecule has 88 valence electrons. The molecule has 4 atom stereocenters. The van der Waals surface area contributed by atoms with Crippen LogP contribution in [0.1, 0.15) is 40.0 Å². The van der Waals surface area contributed by atoms with Gasteiger partial charge in [-0.05, 0) is 30.6 Å². The fraction of sp³-hybridized carbons (Fsp3) is 1.00. The average molecular weight is 212 g/mol. The van der Waals surface area contributed by atoms with Crippen molar-refractivity contribution in [1.82, 2.24) is 0 Å². The van der Waals surface area contributed by atoms with Crippen molar-refractivity contribution < 1.29 is 9.47 Å². The molecule has 2 fully saturated rings. The summed E-state index contributed by atoms with van der Waals surface area (Å²) in [5.74, 6) is 2.35. The number of epoxide rings is 1. The Morgan fingerprint density at radius 3 is 2.67 bits per heavy atom. The van der Waals surface area contributed by atoms with E-state index in [1.54, 1.807) is 0 Å². The van der Waals surface area contributed by atoms with Crippen LogP contribution in [0.3, 0.4) is 0 Å². The van der Waals surface area contributed by atoms with Gasteiger partial charge in [-0.25, -0.2) is 0 Å². The van der Waals surface area contributed by atoms with Crippen molar-refractivity contribution in [3.63, 3.8) is 0 Å². The van der Waals surface area contributed by atoms with Crippen LogP contribution in [0.5, 0.6) is 0 Å². The second-order valence-electron chi connectivity index (χ2n) is 5.65. The Morgan fingerprint density at radius 1 is 1.33 bits per heavy atom. The fourth-order valence-electron chi connectivity index (χ4n) is 2.70. The zero-order valence-corrected chi connectivity index (χ0v) is 10.2. The van der Waals surface area contributed by atoms with Gasteiger partial charge in [-0.3, -0.25) is 0 Å². The van der Waals surface area contributed by atoms with Crippen LogP contribution in [-0.2, 0) is 9.47 Å². The minimum Gasteiger partial charge on any atom is -0.375 e. The van der Waals surface area contributed by atoms with Gasteiger partial charge in [0.2, 0.25) is 0 Å².